The molecule has 3 aromatic rings. The van der Waals surface area contributed by atoms with Crippen molar-refractivity contribution in [3.05, 3.63) is 83.4 Å². The summed E-state index contributed by atoms with van der Waals surface area (Å²) in [5.74, 6) is 2.37. The number of nitrogens with zero attached hydrogens (tertiary/aromatic N) is 2. The first-order valence-electron chi connectivity index (χ1n) is 11.0. The second-order valence-electron chi connectivity index (χ2n) is 7.88. The number of hydrazone groups is 1. The lowest BCUT2D eigenvalue weighted by Gasteiger charge is -2.21. The van der Waals surface area contributed by atoms with Gasteiger partial charge >= 0.3 is 0 Å². The average molecular weight is 461 g/mol. The quantitative estimate of drug-likeness (QED) is 0.474. The molecule has 0 saturated heterocycles. The van der Waals surface area contributed by atoms with Crippen molar-refractivity contribution in [1.82, 2.24) is 5.01 Å². The van der Waals surface area contributed by atoms with Crippen molar-refractivity contribution in [3.63, 3.8) is 0 Å². The van der Waals surface area contributed by atoms with Crippen LogP contribution in [0, 0.1) is 0 Å². The summed E-state index contributed by atoms with van der Waals surface area (Å²) < 4.78 is 22.3. The van der Waals surface area contributed by atoms with Gasteiger partial charge in [-0.25, -0.2) is 5.01 Å². The van der Waals surface area contributed by atoms with Gasteiger partial charge in [0.25, 0.3) is 0 Å². The Morgan fingerprint density at radius 1 is 0.882 bits per heavy atom. The molecule has 0 fully saturated rings. The highest BCUT2D eigenvalue weighted by atomic mass is 16.5. The van der Waals surface area contributed by atoms with Crippen LogP contribution in [0.15, 0.2) is 71.8 Å². The van der Waals surface area contributed by atoms with E-state index in [0.29, 0.717) is 36.0 Å². The van der Waals surface area contributed by atoms with Crippen LogP contribution in [0.5, 0.6) is 23.0 Å². The molecule has 0 saturated carbocycles. The van der Waals surface area contributed by atoms with Gasteiger partial charge in [0.15, 0.2) is 23.0 Å². The number of methoxy groups -OCH3 is 3. The van der Waals surface area contributed by atoms with Gasteiger partial charge in [0.05, 0.1) is 33.1 Å². The first kappa shape index (κ1) is 23.2. The normalized spacial score (nSPS) is 15.0. The molecule has 176 valence electrons. The predicted octanol–water partition coefficient (Wildman–Crippen LogP) is 4.99. The van der Waals surface area contributed by atoms with E-state index in [-0.39, 0.29) is 11.9 Å². The van der Waals surface area contributed by atoms with Gasteiger partial charge in [-0.05, 0) is 41.5 Å². The Kier molecular flexibility index (Phi) is 7.01. The van der Waals surface area contributed by atoms with E-state index in [2.05, 4.69) is 5.10 Å². The zero-order chi connectivity index (χ0) is 24.1. The van der Waals surface area contributed by atoms with Gasteiger partial charge < -0.3 is 18.9 Å². The van der Waals surface area contributed by atoms with E-state index in [0.717, 1.165) is 22.4 Å². The SMILES string of the molecule is COc1ccc(C2=NN(C(C)=O)C(c3ccc(OCc4ccccc4)c(OC)c3)C2)cc1OC. The number of rotatable bonds is 8. The van der Waals surface area contributed by atoms with Crippen LogP contribution < -0.4 is 18.9 Å². The predicted molar refractivity (Wildman–Crippen MR) is 130 cm³/mol. The van der Waals surface area contributed by atoms with Gasteiger partial charge in [-0.3, -0.25) is 4.79 Å². The number of amides is 1. The summed E-state index contributed by atoms with van der Waals surface area (Å²) in [5, 5.41) is 6.15. The van der Waals surface area contributed by atoms with Crippen LogP contribution in [0.4, 0.5) is 0 Å². The molecular weight excluding hydrogens is 432 g/mol. The van der Waals surface area contributed by atoms with E-state index in [4.69, 9.17) is 18.9 Å². The highest BCUT2D eigenvalue weighted by Crippen LogP contribution is 2.38. The van der Waals surface area contributed by atoms with Crippen LogP contribution in [-0.2, 0) is 11.4 Å². The fraction of sp³-hybridized carbons (Fsp3) is 0.259. The molecule has 1 aliphatic rings. The van der Waals surface area contributed by atoms with Crippen molar-refractivity contribution >= 4 is 11.6 Å². The summed E-state index contributed by atoms with van der Waals surface area (Å²) in [5.41, 5.74) is 3.66. The Bertz CT molecular complexity index is 1190. The number of benzene rings is 3. The van der Waals surface area contributed by atoms with Crippen LogP contribution >= 0.6 is 0 Å². The molecule has 0 aliphatic carbocycles. The summed E-state index contributed by atoms with van der Waals surface area (Å²) in [6.07, 6.45) is 0.558. The highest BCUT2D eigenvalue weighted by Gasteiger charge is 2.32. The van der Waals surface area contributed by atoms with E-state index >= 15 is 0 Å². The minimum absolute atomic E-state index is 0.135. The van der Waals surface area contributed by atoms with E-state index in [1.165, 1.54) is 11.9 Å². The van der Waals surface area contributed by atoms with Gasteiger partial charge in [-0.2, -0.15) is 5.10 Å². The molecule has 1 amide bonds. The summed E-state index contributed by atoms with van der Waals surface area (Å²) in [6.45, 7) is 1.95. The van der Waals surface area contributed by atoms with E-state index in [1.54, 1.807) is 21.3 Å². The van der Waals surface area contributed by atoms with E-state index < -0.39 is 0 Å². The molecule has 3 aromatic carbocycles. The van der Waals surface area contributed by atoms with Gasteiger partial charge in [-0.15, -0.1) is 0 Å². The Hall–Kier alpha value is -4.00. The molecule has 1 atom stereocenters. The molecule has 0 N–H and O–H groups in total. The Labute approximate surface area is 199 Å². The maximum atomic E-state index is 12.4. The van der Waals surface area contributed by atoms with Gasteiger partial charge in [-0.1, -0.05) is 36.4 Å². The third-order valence-electron chi connectivity index (χ3n) is 5.76. The fourth-order valence-electron chi connectivity index (χ4n) is 4.00. The fourth-order valence-corrected chi connectivity index (χ4v) is 4.00. The maximum absolute atomic E-state index is 12.4. The zero-order valence-corrected chi connectivity index (χ0v) is 19.8. The van der Waals surface area contributed by atoms with Gasteiger partial charge in [0, 0.05) is 18.9 Å². The van der Waals surface area contributed by atoms with Gasteiger partial charge in [0.1, 0.15) is 6.61 Å². The number of hydrogen-bond donors (Lipinski definition) is 0. The minimum atomic E-state index is -0.252. The van der Waals surface area contributed by atoms with Crippen molar-refractivity contribution in [2.45, 2.75) is 26.0 Å². The zero-order valence-electron chi connectivity index (χ0n) is 19.8. The first-order chi connectivity index (χ1) is 16.5. The van der Waals surface area contributed by atoms with Gasteiger partial charge in [0.2, 0.25) is 5.91 Å². The highest BCUT2D eigenvalue weighted by molar-refractivity contribution is 6.03. The summed E-state index contributed by atoms with van der Waals surface area (Å²) >= 11 is 0. The Morgan fingerprint density at radius 2 is 1.56 bits per heavy atom. The van der Waals surface area contributed by atoms with Crippen LogP contribution in [0.2, 0.25) is 0 Å². The van der Waals surface area contributed by atoms with Crippen molar-refractivity contribution in [1.29, 1.82) is 0 Å². The number of hydrogen-bond acceptors (Lipinski definition) is 6. The molecule has 34 heavy (non-hydrogen) atoms. The molecule has 7 heteroatoms. The minimum Gasteiger partial charge on any atom is -0.493 e. The summed E-state index contributed by atoms with van der Waals surface area (Å²) in [7, 11) is 4.80. The van der Waals surface area contributed by atoms with Crippen LogP contribution in [-0.4, -0.2) is 38.0 Å². The topological polar surface area (TPSA) is 69.6 Å². The smallest absolute Gasteiger partial charge is 0.240 e. The molecule has 1 aliphatic heterocycles. The average Bonchev–Trinajstić information content (AvgIpc) is 3.33. The monoisotopic (exact) mass is 460 g/mol. The van der Waals surface area contributed by atoms with Crippen molar-refractivity contribution in [2.24, 2.45) is 5.10 Å². The van der Waals surface area contributed by atoms with Crippen LogP contribution in [0.3, 0.4) is 0 Å². The first-order valence-corrected chi connectivity index (χ1v) is 11.0. The largest absolute Gasteiger partial charge is 0.493 e. The standard InChI is InChI=1S/C27H28N2O5/c1-18(30)29-23(16-22(28-29)20-10-12-24(31-2)26(14-20)32-3)21-11-13-25(27(15-21)33-4)34-17-19-8-6-5-7-9-19/h5-15,23H,16-17H2,1-4H3. The van der Waals surface area contributed by atoms with E-state index in [9.17, 15) is 4.79 Å². The van der Waals surface area contributed by atoms with Crippen molar-refractivity contribution < 1.29 is 23.7 Å². The summed E-state index contributed by atoms with van der Waals surface area (Å²) in [4.78, 5) is 12.4. The number of carbonyl (C=O) groups excluding carboxylic acids is 1. The maximum Gasteiger partial charge on any atom is 0.240 e. The molecular formula is C27H28N2O5. The number of carbonyl (C=O) groups is 1. The third kappa shape index (κ3) is 4.83. The number of ether oxygens (including phenoxy) is 4. The lowest BCUT2D eigenvalue weighted by molar-refractivity contribution is -0.130. The molecule has 1 unspecified atom stereocenters. The molecule has 4 rings (SSSR count). The van der Waals surface area contributed by atoms with E-state index in [1.807, 2.05) is 66.7 Å². The van der Waals surface area contributed by atoms with Crippen molar-refractivity contribution in [2.75, 3.05) is 21.3 Å². The lowest BCUT2D eigenvalue weighted by atomic mass is 9.97. The third-order valence-corrected chi connectivity index (χ3v) is 5.76. The second-order valence-corrected chi connectivity index (χ2v) is 7.88. The molecule has 7 nitrogen and oxygen atoms in total. The molecule has 0 bridgehead atoms. The molecule has 1 heterocycles. The van der Waals surface area contributed by atoms with Crippen molar-refractivity contribution in [3.8, 4) is 23.0 Å². The van der Waals surface area contributed by atoms with Crippen LogP contribution in [0.25, 0.3) is 0 Å². The second kappa shape index (κ2) is 10.3. The lowest BCUT2D eigenvalue weighted by Crippen LogP contribution is -2.24. The summed E-state index contributed by atoms with van der Waals surface area (Å²) in [6, 6.07) is 21.1. The Morgan fingerprint density at radius 3 is 2.24 bits per heavy atom. The Balaban J connectivity index is 1.58. The molecule has 0 aromatic heterocycles. The molecule has 0 radical (unpaired) electrons. The van der Waals surface area contributed by atoms with Crippen LogP contribution in [0.1, 0.15) is 36.1 Å². The molecule has 0 spiro atoms.